The van der Waals surface area contributed by atoms with Crippen molar-refractivity contribution >= 4 is 23.5 Å². The van der Waals surface area contributed by atoms with Gasteiger partial charge in [-0.2, -0.15) is 0 Å². The van der Waals surface area contributed by atoms with Crippen LogP contribution >= 0.6 is 0 Å². The van der Waals surface area contributed by atoms with Gasteiger partial charge in [0, 0.05) is 32.1 Å². The Kier molecular flexibility index (Phi) is 11.1. The second kappa shape index (κ2) is 15.2. The molecule has 3 amide bonds. The fourth-order valence-corrected chi connectivity index (χ4v) is 6.12. The average Bonchev–Trinajstić information content (AvgIpc) is 3.38. The summed E-state index contributed by atoms with van der Waals surface area (Å²) in [5.41, 5.74) is 0.406. The predicted molar refractivity (Wildman–Crippen MR) is 166 cm³/mol. The molecule has 5 rings (SSSR count). The van der Waals surface area contributed by atoms with E-state index in [0.717, 1.165) is 31.2 Å². The minimum absolute atomic E-state index is 0.0196. The van der Waals surface area contributed by atoms with E-state index >= 15 is 0 Å². The van der Waals surface area contributed by atoms with Crippen LogP contribution in [0.1, 0.15) is 60.8 Å². The summed E-state index contributed by atoms with van der Waals surface area (Å²) in [4.78, 5) is 56.5. The maximum atomic E-state index is 14.0. The smallest absolute Gasteiger partial charge is 0.290 e. The molecule has 1 aliphatic carbocycles. The molecule has 3 fully saturated rings. The van der Waals surface area contributed by atoms with E-state index in [-0.39, 0.29) is 24.5 Å². The zero-order chi connectivity index (χ0) is 32.7. The Morgan fingerprint density at radius 1 is 1.00 bits per heavy atom. The molecular formula is C33H45N5O8. The van der Waals surface area contributed by atoms with Crippen molar-refractivity contribution in [3.8, 4) is 5.75 Å². The quantitative estimate of drug-likeness (QED) is 0.244. The number of epoxide rings is 1. The molecule has 0 spiro atoms. The normalized spacial score (nSPS) is 22.0. The van der Waals surface area contributed by atoms with Crippen molar-refractivity contribution in [1.82, 2.24) is 26.0 Å². The largest absolute Gasteiger partial charge is 0.497 e. The molecule has 0 bridgehead atoms. The fraction of sp³-hybridized carbons (Fsp3) is 0.606. The van der Waals surface area contributed by atoms with Crippen molar-refractivity contribution in [2.24, 2.45) is 5.92 Å². The fourth-order valence-electron chi connectivity index (χ4n) is 6.12. The topological polar surface area (TPSA) is 165 Å². The Balaban J connectivity index is 1.36. The number of hydrogen-bond acceptors (Lipinski definition) is 10. The molecule has 4 atom stereocenters. The third-order valence-corrected chi connectivity index (χ3v) is 9.03. The lowest BCUT2D eigenvalue weighted by atomic mass is 9.90. The standard InChI is InChI=1S/C33H45N5O8/c1-21-16-28(46-37-21)32(42)36-27(19-38-12-14-44-15-13-38)31(41)35-26(18-23-8-10-24(43-3)11-9-23)30(40)34-25(17-22-6-4-5-7-22)29(39)33(2)20-45-33/h8-11,16,22,25-27H,4-7,12-15,17-20H2,1-3H3,(H,34,40)(H,35,41)(H,36,42)/t25-,26-,27-,33-/m0/s1. The Morgan fingerprint density at radius 2 is 1.65 bits per heavy atom. The first-order chi connectivity index (χ1) is 22.1. The molecule has 46 heavy (non-hydrogen) atoms. The Bertz CT molecular complexity index is 1360. The lowest BCUT2D eigenvalue weighted by Gasteiger charge is -2.31. The summed E-state index contributed by atoms with van der Waals surface area (Å²) in [5.74, 6) is -0.794. The van der Waals surface area contributed by atoms with Crippen LogP contribution in [0.4, 0.5) is 0 Å². The molecule has 3 N–H and O–H groups in total. The maximum absolute atomic E-state index is 14.0. The lowest BCUT2D eigenvalue weighted by Crippen LogP contribution is -2.59. The Morgan fingerprint density at radius 3 is 2.26 bits per heavy atom. The number of hydrogen-bond donors (Lipinski definition) is 3. The van der Waals surface area contributed by atoms with Gasteiger partial charge in [-0.15, -0.1) is 0 Å². The zero-order valence-electron chi connectivity index (χ0n) is 26.8. The molecule has 0 unspecified atom stereocenters. The summed E-state index contributed by atoms with van der Waals surface area (Å²) in [6.45, 7) is 6.14. The van der Waals surface area contributed by atoms with Crippen LogP contribution in [0.3, 0.4) is 0 Å². The first-order valence-electron chi connectivity index (χ1n) is 16.1. The number of nitrogens with zero attached hydrogens (tertiary/aromatic N) is 2. The van der Waals surface area contributed by atoms with Gasteiger partial charge in [0.2, 0.25) is 17.6 Å². The molecule has 13 nitrogen and oxygen atoms in total. The number of Topliss-reactive ketones (excluding diaryl/α,β-unsaturated/α-hetero) is 1. The van der Waals surface area contributed by atoms with Gasteiger partial charge in [-0.1, -0.05) is 43.0 Å². The van der Waals surface area contributed by atoms with Gasteiger partial charge in [0.15, 0.2) is 5.78 Å². The van der Waals surface area contributed by atoms with Gasteiger partial charge in [-0.05, 0) is 43.9 Å². The third-order valence-electron chi connectivity index (χ3n) is 9.03. The highest BCUT2D eigenvalue weighted by atomic mass is 16.6. The van der Waals surface area contributed by atoms with Crippen LogP contribution in [0.5, 0.6) is 5.75 Å². The van der Waals surface area contributed by atoms with Crippen LogP contribution in [0.25, 0.3) is 0 Å². The number of amides is 3. The van der Waals surface area contributed by atoms with Gasteiger partial charge in [0.05, 0.1) is 38.7 Å². The molecule has 13 heteroatoms. The number of ketones is 1. The number of nitrogens with one attached hydrogen (secondary N) is 3. The summed E-state index contributed by atoms with van der Waals surface area (Å²) in [7, 11) is 1.57. The van der Waals surface area contributed by atoms with E-state index in [4.69, 9.17) is 18.7 Å². The Labute approximate surface area is 269 Å². The molecule has 2 aliphatic heterocycles. The molecule has 1 aromatic carbocycles. The molecule has 2 saturated heterocycles. The van der Waals surface area contributed by atoms with Gasteiger partial charge >= 0.3 is 0 Å². The Hall–Kier alpha value is -3.81. The SMILES string of the molecule is COc1ccc(C[C@H](NC(=O)[C@H](CN2CCOCC2)NC(=O)c2cc(C)no2)C(=O)N[C@@H](CC2CCCC2)C(=O)[C@]2(C)CO2)cc1. The number of carbonyl (C=O) groups is 4. The van der Waals surface area contributed by atoms with Crippen LogP contribution in [-0.2, 0) is 30.3 Å². The minimum Gasteiger partial charge on any atom is -0.497 e. The van der Waals surface area contributed by atoms with Crippen molar-refractivity contribution in [1.29, 1.82) is 0 Å². The number of rotatable bonds is 15. The van der Waals surface area contributed by atoms with Crippen LogP contribution in [0.2, 0.25) is 0 Å². The number of morpholine rings is 1. The predicted octanol–water partition coefficient (Wildman–Crippen LogP) is 1.57. The summed E-state index contributed by atoms with van der Waals surface area (Å²) in [6, 6.07) is 5.91. The molecule has 3 heterocycles. The van der Waals surface area contributed by atoms with Crippen molar-refractivity contribution in [3.63, 3.8) is 0 Å². The summed E-state index contributed by atoms with van der Waals surface area (Å²) < 4.78 is 21.3. The number of ether oxygens (including phenoxy) is 3. The van der Waals surface area contributed by atoms with E-state index in [9.17, 15) is 19.2 Å². The minimum atomic E-state index is -1.04. The number of aryl methyl sites for hydroxylation is 1. The van der Waals surface area contributed by atoms with Gasteiger partial charge in [-0.3, -0.25) is 24.1 Å². The maximum Gasteiger partial charge on any atom is 0.290 e. The molecule has 1 aromatic heterocycles. The van der Waals surface area contributed by atoms with Gasteiger partial charge in [0.1, 0.15) is 23.4 Å². The summed E-state index contributed by atoms with van der Waals surface area (Å²) in [5, 5.41) is 12.4. The van der Waals surface area contributed by atoms with E-state index in [1.54, 1.807) is 33.1 Å². The van der Waals surface area contributed by atoms with Crippen molar-refractivity contribution in [2.75, 3.05) is 46.6 Å². The summed E-state index contributed by atoms with van der Waals surface area (Å²) in [6.07, 6.45) is 4.91. The highest BCUT2D eigenvalue weighted by molar-refractivity contribution is 5.99. The van der Waals surface area contributed by atoms with Gasteiger partial charge < -0.3 is 34.7 Å². The van der Waals surface area contributed by atoms with E-state index in [1.807, 2.05) is 17.0 Å². The van der Waals surface area contributed by atoms with Crippen LogP contribution in [-0.4, -0.2) is 104 Å². The molecule has 250 valence electrons. The highest BCUT2D eigenvalue weighted by Crippen LogP contribution is 2.33. The molecular weight excluding hydrogens is 594 g/mol. The van der Waals surface area contributed by atoms with E-state index in [2.05, 4.69) is 21.1 Å². The van der Waals surface area contributed by atoms with E-state index in [1.165, 1.54) is 6.07 Å². The second-order valence-electron chi connectivity index (χ2n) is 12.7. The summed E-state index contributed by atoms with van der Waals surface area (Å²) >= 11 is 0. The molecule has 1 saturated carbocycles. The third kappa shape index (κ3) is 8.92. The van der Waals surface area contributed by atoms with Gasteiger partial charge in [0.25, 0.3) is 5.91 Å². The molecule has 0 radical (unpaired) electrons. The van der Waals surface area contributed by atoms with Crippen molar-refractivity contribution in [2.45, 2.75) is 76.1 Å². The second-order valence-corrected chi connectivity index (χ2v) is 12.7. The van der Waals surface area contributed by atoms with E-state index < -0.39 is 41.4 Å². The van der Waals surface area contributed by atoms with Crippen molar-refractivity contribution < 1.29 is 37.9 Å². The number of benzene rings is 1. The van der Waals surface area contributed by atoms with Crippen LogP contribution in [0.15, 0.2) is 34.9 Å². The number of methoxy groups -OCH3 is 1. The van der Waals surface area contributed by atoms with E-state index in [0.29, 0.717) is 56.7 Å². The molecule has 3 aliphatic rings. The first-order valence-corrected chi connectivity index (χ1v) is 16.1. The number of aromatic nitrogens is 1. The zero-order valence-corrected chi connectivity index (χ0v) is 26.8. The van der Waals surface area contributed by atoms with Crippen LogP contribution in [0, 0.1) is 12.8 Å². The average molecular weight is 640 g/mol. The van der Waals surface area contributed by atoms with Crippen molar-refractivity contribution in [3.05, 3.63) is 47.3 Å². The van der Waals surface area contributed by atoms with Crippen LogP contribution < -0.4 is 20.7 Å². The monoisotopic (exact) mass is 639 g/mol. The lowest BCUT2D eigenvalue weighted by molar-refractivity contribution is -0.133. The first kappa shape index (κ1) is 33.6. The molecule has 2 aromatic rings. The van der Waals surface area contributed by atoms with Gasteiger partial charge in [-0.25, -0.2) is 0 Å². The highest BCUT2D eigenvalue weighted by Gasteiger charge is 2.50. The number of carbonyl (C=O) groups excluding carboxylic acids is 4.